The zero-order valence-corrected chi connectivity index (χ0v) is 15.2. The highest BCUT2D eigenvalue weighted by Gasteiger charge is 2.13. The quantitative estimate of drug-likeness (QED) is 0.520. The smallest absolute Gasteiger partial charge is 0.327 e. The molecule has 0 aliphatic heterocycles. The molecule has 4 aromatic rings. The van der Waals surface area contributed by atoms with Crippen LogP contribution in [0.2, 0.25) is 0 Å². The van der Waals surface area contributed by atoms with Crippen LogP contribution in [0.3, 0.4) is 0 Å². The van der Waals surface area contributed by atoms with Gasteiger partial charge in [0.25, 0.3) is 6.08 Å². The number of halogens is 2. The minimum atomic E-state index is -1.91. The Kier molecular flexibility index (Phi) is 4.79. The van der Waals surface area contributed by atoms with Crippen molar-refractivity contribution in [1.29, 1.82) is 0 Å². The van der Waals surface area contributed by atoms with Gasteiger partial charge in [-0.3, -0.25) is 0 Å². The fourth-order valence-corrected chi connectivity index (χ4v) is 3.61. The van der Waals surface area contributed by atoms with Crippen LogP contribution in [0.4, 0.5) is 8.78 Å². The summed E-state index contributed by atoms with van der Waals surface area (Å²) in [5.74, 6) is 0. The Bertz CT molecular complexity index is 1220. The summed E-state index contributed by atoms with van der Waals surface area (Å²) in [7, 11) is 0. The lowest BCUT2D eigenvalue weighted by atomic mass is 10.2. The summed E-state index contributed by atoms with van der Waals surface area (Å²) in [6.07, 6.45) is 1.39. The van der Waals surface area contributed by atoms with Crippen molar-refractivity contribution in [2.24, 2.45) is 5.73 Å². The molecule has 0 saturated heterocycles. The number of nitrogens with zero attached hydrogens (tertiary/aromatic N) is 7. The third kappa shape index (κ3) is 3.46. The van der Waals surface area contributed by atoms with Crippen LogP contribution in [0, 0.1) is 0 Å². The van der Waals surface area contributed by atoms with Gasteiger partial charge in [-0.05, 0) is 40.3 Å². The van der Waals surface area contributed by atoms with Gasteiger partial charge in [0.15, 0.2) is 5.65 Å². The highest BCUT2D eigenvalue weighted by Crippen LogP contribution is 2.28. The average molecular weight is 404 g/mol. The molecule has 0 aliphatic carbocycles. The first-order chi connectivity index (χ1) is 13.5. The third-order valence-corrected chi connectivity index (χ3v) is 5.20. The Morgan fingerprint density at radius 1 is 1.18 bits per heavy atom. The Labute approximate surface area is 160 Å². The predicted molar refractivity (Wildman–Crippen MR) is 98.0 cm³/mol. The molecule has 0 aromatic carbocycles. The SMILES string of the molecule is NCC(Cn1nnn(Cc2ccc(-c3ccn4ncnc4c3)s2)c1=O)=C(F)F. The van der Waals surface area contributed by atoms with Crippen molar-refractivity contribution < 1.29 is 8.78 Å². The lowest BCUT2D eigenvalue weighted by molar-refractivity contribution is 0.400. The maximum absolute atomic E-state index is 12.7. The van der Waals surface area contributed by atoms with Crippen molar-refractivity contribution in [2.75, 3.05) is 6.54 Å². The largest absolute Gasteiger partial charge is 0.364 e. The molecule has 0 saturated carbocycles. The van der Waals surface area contributed by atoms with E-state index in [1.54, 1.807) is 4.52 Å². The molecule has 28 heavy (non-hydrogen) atoms. The Balaban J connectivity index is 1.54. The van der Waals surface area contributed by atoms with Crippen molar-refractivity contribution in [3.05, 3.63) is 63.8 Å². The molecule has 4 heterocycles. The van der Waals surface area contributed by atoms with Crippen molar-refractivity contribution in [3.8, 4) is 10.4 Å². The zero-order valence-electron chi connectivity index (χ0n) is 14.4. The van der Waals surface area contributed by atoms with Crippen molar-refractivity contribution in [3.63, 3.8) is 0 Å². The second kappa shape index (κ2) is 7.40. The Morgan fingerprint density at radius 3 is 2.79 bits per heavy atom. The maximum Gasteiger partial charge on any atom is 0.364 e. The van der Waals surface area contributed by atoms with Crippen LogP contribution in [0.5, 0.6) is 0 Å². The van der Waals surface area contributed by atoms with Crippen molar-refractivity contribution in [1.82, 2.24) is 34.4 Å². The number of pyridine rings is 1. The van der Waals surface area contributed by atoms with Gasteiger partial charge in [-0.15, -0.1) is 11.3 Å². The number of rotatable bonds is 6. The van der Waals surface area contributed by atoms with Crippen LogP contribution in [-0.4, -0.2) is 40.9 Å². The number of fused-ring (bicyclic) bond motifs is 1. The van der Waals surface area contributed by atoms with Gasteiger partial charge >= 0.3 is 5.69 Å². The van der Waals surface area contributed by atoms with Crippen molar-refractivity contribution >= 4 is 17.0 Å². The van der Waals surface area contributed by atoms with Crippen LogP contribution >= 0.6 is 11.3 Å². The number of aromatic nitrogens is 7. The fraction of sp³-hybridized carbons (Fsp3) is 0.188. The fourth-order valence-electron chi connectivity index (χ4n) is 2.62. The standard InChI is InChI=1S/C16H14F2N8OS/c17-15(18)11(6-19)7-25-16(27)26(23-22-25)8-12-1-2-13(28-12)10-3-4-24-14(5-10)20-9-21-24/h1-5,9H,6-8,19H2. The van der Waals surface area contributed by atoms with Gasteiger partial charge in [0.2, 0.25) is 0 Å². The summed E-state index contributed by atoms with van der Waals surface area (Å²) >= 11 is 1.49. The predicted octanol–water partition coefficient (Wildman–Crippen LogP) is 1.37. The van der Waals surface area contributed by atoms with Gasteiger partial charge in [0.1, 0.15) is 6.33 Å². The van der Waals surface area contributed by atoms with Crippen LogP contribution in [0.1, 0.15) is 4.88 Å². The zero-order chi connectivity index (χ0) is 19.7. The number of hydrogen-bond acceptors (Lipinski definition) is 7. The molecule has 2 N–H and O–H groups in total. The van der Waals surface area contributed by atoms with Crippen LogP contribution < -0.4 is 11.4 Å². The van der Waals surface area contributed by atoms with Gasteiger partial charge in [-0.1, -0.05) is 0 Å². The topological polar surface area (TPSA) is 109 Å². The molecule has 0 bridgehead atoms. The summed E-state index contributed by atoms with van der Waals surface area (Å²) < 4.78 is 29.1. The summed E-state index contributed by atoms with van der Waals surface area (Å²) in [5, 5.41) is 11.5. The minimum absolute atomic E-state index is 0.191. The molecule has 0 atom stereocenters. The molecule has 0 radical (unpaired) electrons. The van der Waals surface area contributed by atoms with Crippen LogP contribution in [-0.2, 0) is 13.1 Å². The van der Waals surface area contributed by atoms with Crippen LogP contribution in [0.25, 0.3) is 16.1 Å². The molecule has 4 rings (SSSR count). The molecule has 144 valence electrons. The van der Waals surface area contributed by atoms with E-state index in [0.29, 0.717) is 0 Å². The molecule has 0 spiro atoms. The number of tetrazole rings is 1. The molecule has 4 aromatic heterocycles. The van der Waals surface area contributed by atoms with E-state index in [0.717, 1.165) is 30.3 Å². The molecule has 0 aliphatic rings. The van der Waals surface area contributed by atoms with E-state index >= 15 is 0 Å². The maximum atomic E-state index is 12.7. The molecule has 12 heteroatoms. The molecular weight excluding hydrogens is 390 g/mol. The van der Waals surface area contributed by atoms with E-state index in [2.05, 4.69) is 20.5 Å². The first kappa shape index (κ1) is 18.1. The number of thiophene rings is 1. The van der Waals surface area contributed by atoms with E-state index in [4.69, 9.17) is 5.73 Å². The van der Waals surface area contributed by atoms with Crippen molar-refractivity contribution in [2.45, 2.75) is 13.1 Å². The third-order valence-electron chi connectivity index (χ3n) is 4.08. The second-order valence-electron chi connectivity index (χ2n) is 5.89. The van der Waals surface area contributed by atoms with E-state index in [1.165, 1.54) is 17.7 Å². The van der Waals surface area contributed by atoms with E-state index < -0.39 is 11.8 Å². The van der Waals surface area contributed by atoms with Gasteiger partial charge in [-0.25, -0.2) is 14.3 Å². The Morgan fingerprint density at radius 2 is 2.00 bits per heavy atom. The van der Waals surface area contributed by atoms with Gasteiger partial charge in [0.05, 0.1) is 13.1 Å². The summed E-state index contributed by atoms with van der Waals surface area (Å²) in [6.45, 7) is -0.547. The number of hydrogen-bond donors (Lipinski definition) is 1. The average Bonchev–Trinajstić information content (AvgIpc) is 3.41. The first-order valence-corrected chi connectivity index (χ1v) is 8.99. The molecule has 0 amide bonds. The van der Waals surface area contributed by atoms with Gasteiger partial charge < -0.3 is 5.73 Å². The molecule has 9 nitrogen and oxygen atoms in total. The van der Waals surface area contributed by atoms with Crippen LogP contribution in [0.15, 0.2) is 53.2 Å². The molecule has 0 unspecified atom stereocenters. The molecule has 0 fully saturated rings. The lowest BCUT2D eigenvalue weighted by Crippen LogP contribution is -2.27. The highest BCUT2D eigenvalue weighted by molar-refractivity contribution is 7.15. The van der Waals surface area contributed by atoms with E-state index in [9.17, 15) is 13.6 Å². The second-order valence-corrected chi connectivity index (χ2v) is 7.06. The van der Waals surface area contributed by atoms with E-state index in [1.807, 2.05) is 30.5 Å². The van der Waals surface area contributed by atoms with E-state index in [-0.39, 0.29) is 25.2 Å². The molecular formula is C16H14F2N8OS. The first-order valence-electron chi connectivity index (χ1n) is 8.17. The van der Waals surface area contributed by atoms with Gasteiger partial charge in [-0.2, -0.15) is 23.2 Å². The monoisotopic (exact) mass is 404 g/mol. The normalized spacial score (nSPS) is 11.2. The lowest BCUT2D eigenvalue weighted by Gasteiger charge is -2.01. The Hall–Kier alpha value is -3.25. The van der Waals surface area contributed by atoms with Gasteiger partial charge in [0, 0.05) is 28.1 Å². The summed E-state index contributed by atoms with van der Waals surface area (Å²) in [6, 6.07) is 7.65. The highest BCUT2D eigenvalue weighted by atomic mass is 32.1. The minimum Gasteiger partial charge on any atom is -0.327 e. The summed E-state index contributed by atoms with van der Waals surface area (Å²) in [4.78, 5) is 18.3. The summed E-state index contributed by atoms with van der Waals surface area (Å²) in [5.41, 5.74) is 6.05. The number of nitrogens with two attached hydrogens (primary N) is 1.